The highest BCUT2D eigenvalue weighted by Gasteiger charge is 2.24. The van der Waals surface area contributed by atoms with E-state index >= 15 is 0 Å². The van der Waals surface area contributed by atoms with Gasteiger partial charge in [-0.1, -0.05) is 0 Å². The zero-order valence-corrected chi connectivity index (χ0v) is 13.1. The molecule has 1 aromatic rings. The number of nitrogens with zero attached hydrogens (tertiary/aromatic N) is 2. The quantitative estimate of drug-likeness (QED) is 0.888. The fourth-order valence-corrected chi connectivity index (χ4v) is 2.87. The van der Waals surface area contributed by atoms with E-state index in [9.17, 15) is 9.50 Å². The summed E-state index contributed by atoms with van der Waals surface area (Å²) in [6.07, 6.45) is 0. The van der Waals surface area contributed by atoms with Crippen LogP contribution in [0.25, 0.3) is 0 Å². The van der Waals surface area contributed by atoms with Crippen LogP contribution in [-0.2, 0) is 0 Å². The Balaban J connectivity index is 2.06. The third-order valence-corrected chi connectivity index (χ3v) is 3.80. The van der Waals surface area contributed by atoms with Crippen LogP contribution in [-0.4, -0.2) is 48.3 Å². The van der Waals surface area contributed by atoms with Crippen LogP contribution in [0.4, 0.5) is 10.1 Å². The Morgan fingerprint density at radius 3 is 2.43 bits per heavy atom. The Morgan fingerprint density at radius 1 is 1.29 bits per heavy atom. The zero-order chi connectivity index (χ0) is 15.6. The Morgan fingerprint density at radius 2 is 1.90 bits per heavy atom. The molecule has 118 valence electrons. The zero-order valence-electron chi connectivity index (χ0n) is 13.1. The lowest BCUT2D eigenvalue weighted by Crippen LogP contribution is -2.50. The summed E-state index contributed by atoms with van der Waals surface area (Å²) in [7, 11) is 0. The van der Waals surface area contributed by atoms with Crippen LogP contribution in [0.2, 0.25) is 0 Å². The van der Waals surface area contributed by atoms with E-state index in [1.807, 2.05) is 26.8 Å². The molecule has 2 rings (SSSR count). The van der Waals surface area contributed by atoms with Crippen LogP contribution in [0.1, 0.15) is 32.4 Å². The van der Waals surface area contributed by atoms with Gasteiger partial charge in [0, 0.05) is 44.5 Å². The SMILES string of the molecule is C[C@H](N)c1cc(F)ccc1N1CCN(CC(C)(C)O)CC1. The van der Waals surface area contributed by atoms with Crippen LogP contribution < -0.4 is 10.6 Å². The molecule has 1 aromatic carbocycles. The molecule has 0 bridgehead atoms. The first-order valence-corrected chi connectivity index (χ1v) is 7.51. The van der Waals surface area contributed by atoms with E-state index in [2.05, 4.69) is 9.80 Å². The third kappa shape index (κ3) is 4.40. The summed E-state index contributed by atoms with van der Waals surface area (Å²) in [5.74, 6) is -0.244. The van der Waals surface area contributed by atoms with Crippen LogP contribution in [0.15, 0.2) is 18.2 Å². The van der Waals surface area contributed by atoms with Crippen molar-refractivity contribution in [2.24, 2.45) is 5.73 Å². The van der Waals surface area contributed by atoms with Gasteiger partial charge in [-0.25, -0.2) is 4.39 Å². The minimum Gasteiger partial charge on any atom is -0.389 e. The monoisotopic (exact) mass is 295 g/mol. The fraction of sp³-hybridized carbons (Fsp3) is 0.625. The Labute approximate surface area is 126 Å². The number of β-amino-alcohol motifs (C(OH)–C–C–N with tert-alkyl or cyclic N) is 1. The van der Waals surface area contributed by atoms with Crippen molar-refractivity contribution in [1.29, 1.82) is 0 Å². The molecule has 1 aliphatic rings. The van der Waals surface area contributed by atoms with Crippen molar-refractivity contribution < 1.29 is 9.50 Å². The van der Waals surface area contributed by atoms with Crippen molar-refractivity contribution in [3.05, 3.63) is 29.6 Å². The highest BCUT2D eigenvalue weighted by Crippen LogP contribution is 2.27. The average molecular weight is 295 g/mol. The van der Waals surface area contributed by atoms with Crippen LogP contribution in [0.5, 0.6) is 0 Å². The number of halogens is 1. The fourth-order valence-electron chi connectivity index (χ4n) is 2.87. The molecular formula is C16H26FN3O. The maximum absolute atomic E-state index is 13.4. The number of piperazine rings is 1. The van der Waals surface area contributed by atoms with Gasteiger partial charge in [-0.05, 0) is 44.5 Å². The van der Waals surface area contributed by atoms with Gasteiger partial charge < -0.3 is 15.7 Å². The second kappa shape index (κ2) is 6.30. The van der Waals surface area contributed by atoms with Gasteiger partial charge in [0.05, 0.1) is 5.60 Å². The van der Waals surface area contributed by atoms with E-state index < -0.39 is 5.60 Å². The van der Waals surface area contributed by atoms with Crippen molar-refractivity contribution in [2.45, 2.75) is 32.4 Å². The van der Waals surface area contributed by atoms with Gasteiger partial charge in [0.1, 0.15) is 5.82 Å². The predicted octanol–water partition coefficient (Wildman–Crippen LogP) is 1.74. The van der Waals surface area contributed by atoms with E-state index in [1.165, 1.54) is 12.1 Å². The van der Waals surface area contributed by atoms with E-state index in [4.69, 9.17) is 5.73 Å². The lowest BCUT2D eigenvalue weighted by molar-refractivity contribution is 0.0345. The van der Waals surface area contributed by atoms with E-state index in [0.29, 0.717) is 6.54 Å². The molecule has 1 saturated heterocycles. The lowest BCUT2D eigenvalue weighted by atomic mass is 10.0. The summed E-state index contributed by atoms with van der Waals surface area (Å²) in [4.78, 5) is 4.50. The second-order valence-corrected chi connectivity index (χ2v) is 6.57. The maximum atomic E-state index is 13.4. The van der Waals surface area contributed by atoms with Crippen molar-refractivity contribution in [3.8, 4) is 0 Å². The van der Waals surface area contributed by atoms with Crippen LogP contribution in [0, 0.1) is 5.82 Å². The van der Waals surface area contributed by atoms with E-state index in [0.717, 1.165) is 37.4 Å². The number of anilines is 1. The van der Waals surface area contributed by atoms with Crippen LogP contribution >= 0.6 is 0 Å². The molecule has 0 aliphatic carbocycles. The Hall–Kier alpha value is -1.17. The van der Waals surface area contributed by atoms with Gasteiger partial charge in [-0.2, -0.15) is 0 Å². The van der Waals surface area contributed by atoms with Crippen molar-refractivity contribution >= 4 is 5.69 Å². The Bertz CT molecular complexity index is 477. The van der Waals surface area contributed by atoms with Crippen molar-refractivity contribution in [3.63, 3.8) is 0 Å². The summed E-state index contributed by atoms with van der Waals surface area (Å²) in [5, 5.41) is 9.89. The predicted molar refractivity (Wildman–Crippen MR) is 84.0 cm³/mol. The molecule has 0 unspecified atom stereocenters. The summed E-state index contributed by atoms with van der Waals surface area (Å²) < 4.78 is 13.4. The van der Waals surface area contributed by atoms with Gasteiger partial charge in [-0.15, -0.1) is 0 Å². The molecule has 4 nitrogen and oxygen atoms in total. The van der Waals surface area contributed by atoms with Gasteiger partial charge in [0.2, 0.25) is 0 Å². The number of rotatable bonds is 4. The summed E-state index contributed by atoms with van der Waals surface area (Å²) in [6, 6.07) is 4.65. The molecule has 0 radical (unpaired) electrons. The Kier molecular flexibility index (Phi) is 4.86. The van der Waals surface area contributed by atoms with Crippen molar-refractivity contribution in [2.75, 3.05) is 37.6 Å². The van der Waals surface area contributed by atoms with E-state index in [-0.39, 0.29) is 11.9 Å². The first-order valence-electron chi connectivity index (χ1n) is 7.51. The number of hydrogen-bond acceptors (Lipinski definition) is 4. The molecule has 0 aromatic heterocycles. The van der Waals surface area contributed by atoms with Crippen molar-refractivity contribution in [1.82, 2.24) is 4.90 Å². The smallest absolute Gasteiger partial charge is 0.123 e. The number of aliphatic hydroxyl groups is 1. The molecule has 0 saturated carbocycles. The number of nitrogens with two attached hydrogens (primary N) is 1. The summed E-state index contributed by atoms with van der Waals surface area (Å²) >= 11 is 0. The van der Waals surface area contributed by atoms with Gasteiger partial charge >= 0.3 is 0 Å². The highest BCUT2D eigenvalue weighted by atomic mass is 19.1. The minimum absolute atomic E-state index is 0.190. The first kappa shape index (κ1) is 16.2. The topological polar surface area (TPSA) is 52.7 Å². The highest BCUT2D eigenvalue weighted by molar-refractivity contribution is 5.55. The van der Waals surface area contributed by atoms with Gasteiger partial charge in [0.15, 0.2) is 0 Å². The molecular weight excluding hydrogens is 269 g/mol. The normalized spacial score (nSPS) is 18.9. The van der Waals surface area contributed by atoms with Gasteiger partial charge in [0.25, 0.3) is 0 Å². The summed E-state index contributed by atoms with van der Waals surface area (Å²) in [5.41, 5.74) is 7.17. The maximum Gasteiger partial charge on any atom is 0.123 e. The molecule has 3 N–H and O–H groups in total. The second-order valence-electron chi connectivity index (χ2n) is 6.57. The lowest BCUT2D eigenvalue weighted by Gasteiger charge is -2.39. The number of hydrogen-bond donors (Lipinski definition) is 2. The third-order valence-electron chi connectivity index (χ3n) is 3.80. The molecule has 1 aliphatic heterocycles. The van der Waals surface area contributed by atoms with Crippen LogP contribution in [0.3, 0.4) is 0 Å². The molecule has 5 heteroatoms. The average Bonchev–Trinajstić information content (AvgIpc) is 2.38. The molecule has 1 heterocycles. The first-order chi connectivity index (χ1) is 9.76. The van der Waals surface area contributed by atoms with Gasteiger partial charge in [-0.3, -0.25) is 4.90 Å². The summed E-state index contributed by atoms with van der Waals surface area (Å²) in [6.45, 7) is 9.71. The minimum atomic E-state index is -0.672. The molecule has 1 atom stereocenters. The number of benzene rings is 1. The molecule has 0 spiro atoms. The molecule has 21 heavy (non-hydrogen) atoms. The standard InChI is InChI=1S/C16H26FN3O/c1-12(18)14-10-13(17)4-5-15(14)20-8-6-19(7-9-20)11-16(2,3)21/h4-5,10,12,21H,6-9,11,18H2,1-3H3/t12-/m0/s1. The molecule has 0 amide bonds. The molecule has 1 fully saturated rings. The largest absolute Gasteiger partial charge is 0.389 e. The van der Waals surface area contributed by atoms with E-state index in [1.54, 1.807) is 0 Å².